The first-order valence-electron chi connectivity index (χ1n) is 6.71. The third kappa shape index (κ3) is 2.44. The summed E-state index contributed by atoms with van der Waals surface area (Å²) >= 11 is 6.14. The van der Waals surface area contributed by atoms with Gasteiger partial charge in [-0.1, -0.05) is 17.7 Å². The first kappa shape index (κ1) is 14.5. The monoisotopic (exact) mass is 318 g/mol. The number of carbonyl (C=O) groups is 1. The maximum absolute atomic E-state index is 13.6. The molecule has 2 aromatic heterocycles. The number of hydrogen-bond donors (Lipinski definition) is 0. The molecular formula is C16H12ClFN2O2. The van der Waals surface area contributed by atoms with Crippen LogP contribution in [0.25, 0.3) is 16.9 Å². The maximum Gasteiger partial charge on any atom is 0.357 e. The summed E-state index contributed by atoms with van der Waals surface area (Å²) in [4.78, 5) is 16.7. The number of halogens is 2. The highest BCUT2D eigenvalue weighted by molar-refractivity contribution is 6.33. The Kier molecular flexibility index (Phi) is 3.81. The molecule has 6 heteroatoms. The van der Waals surface area contributed by atoms with Crippen molar-refractivity contribution in [1.29, 1.82) is 0 Å². The third-order valence-corrected chi connectivity index (χ3v) is 3.51. The fourth-order valence-corrected chi connectivity index (χ4v) is 2.46. The lowest BCUT2D eigenvalue weighted by atomic mass is 10.1. The van der Waals surface area contributed by atoms with E-state index >= 15 is 0 Å². The number of fused-ring (bicyclic) bond motifs is 1. The van der Waals surface area contributed by atoms with Gasteiger partial charge in [0.1, 0.15) is 17.2 Å². The minimum Gasteiger partial charge on any atom is -0.461 e. The molecule has 0 fully saturated rings. The standard InChI is InChI=1S/C16H12ClFN2O2/c1-2-22-16(21)15-14(11-9-10(18)6-7-12(11)17)19-13-5-3-4-8-20(13)15/h3-9H,2H2,1H3. The third-order valence-electron chi connectivity index (χ3n) is 3.18. The maximum atomic E-state index is 13.6. The molecule has 0 saturated carbocycles. The van der Waals surface area contributed by atoms with Crippen molar-refractivity contribution in [2.75, 3.05) is 6.61 Å². The van der Waals surface area contributed by atoms with Crippen molar-refractivity contribution < 1.29 is 13.9 Å². The largest absolute Gasteiger partial charge is 0.461 e. The van der Waals surface area contributed by atoms with E-state index in [2.05, 4.69) is 4.98 Å². The Bertz CT molecular complexity index is 860. The molecule has 0 atom stereocenters. The van der Waals surface area contributed by atoms with Crippen LogP contribution in [0.4, 0.5) is 4.39 Å². The molecule has 0 spiro atoms. The van der Waals surface area contributed by atoms with E-state index in [4.69, 9.17) is 16.3 Å². The molecule has 0 aliphatic heterocycles. The summed E-state index contributed by atoms with van der Waals surface area (Å²) in [6, 6.07) is 9.27. The summed E-state index contributed by atoms with van der Waals surface area (Å²) in [5, 5.41) is 0.315. The van der Waals surface area contributed by atoms with E-state index in [0.29, 0.717) is 21.9 Å². The van der Waals surface area contributed by atoms with Crippen molar-refractivity contribution in [3.8, 4) is 11.3 Å². The van der Waals surface area contributed by atoms with E-state index in [9.17, 15) is 9.18 Å². The predicted molar refractivity (Wildman–Crippen MR) is 81.6 cm³/mol. The zero-order chi connectivity index (χ0) is 15.7. The molecular weight excluding hydrogens is 307 g/mol. The number of carbonyl (C=O) groups excluding carboxylic acids is 1. The van der Waals surface area contributed by atoms with Crippen molar-refractivity contribution in [2.24, 2.45) is 0 Å². The van der Waals surface area contributed by atoms with Crippen LogP contribution in [0.5, 0.6) is 0 Å². The van der Waals surface area contributed by atoms with E-state index in [1.807, 2.05) is 0 Å². The second-order valence-electron chi connectivity index (χ2n) is 4.58. The Morgan fingerprint density at radius 3 is 2.95 bits per heavy atom. The number of ether oxygens (including phenoxy) is 1. The number of benzene rings is 1. The van der Waals surface area contributed by atoms with E-state index in [0.717, 1.165) is 0 Å². The summed E-state index contributed by atoms with van der Waals surface area (Å²) in [6.45, 7) is 1.95. The number of imidazole rings is 1. The van der Waals surface area contributed by atoms with Gasteiger partial charge >= 0.3 is 5.97 Å². The minimum atomic E-state index is -0.531. The molecule has 4 nitrogen and oxygen atoms in total. The average molecular weight is 319 g/mol. The van der Waals surface area contributed by atoms with Crippen molar-refractivity contribution in [2.45, 2.75) is 6.92 Å². The van der Waals surface area contributed by atoms with E-state index < -0.39 is 11.8 Å². The second kappa shape index (κ2) is 5.77. The topological polar surface area (TPSA) is 43.6 Å². The fourth-order valence-electron chi connectivity index (χ4n) is 2.26. The lowest BCUT2D eigenvalue weighted by Gasteiger charge is -2.06. The first-order valence-corrected chi connectivity index (χ1v) is 7.09. The zero-order valence-electron chi connectivity index (χ0n) is 11.7. The van der Waals surface area contributed by atoms with Gasteiger partial charge in [-0.25, -0.2) is 14.2 Å². The lowest BCUT2D eigenvalue weighted by Crippen LogP contribution is -2.09. The number of pyridine rings is 1. The highest BCUT2D eigenvalue weighted by Crippen LogP contribution is 2.31. The zero-order valence-corrected chi connectivity index (χ0v) is 12.5. The molecule has 3 rings (SSSR count). The average Bonchev–Trinajstić information content (AvgIpc) is 2.89. The van der Waals surface area contributed by atoms with E-state index in [1.54, 1.807) is 35.7 Å². The Morgan fingerprint density at radius 2 is 2.18 bits per heavy atom. The van der Waals surface area contributed by atoms with Crippen LogP contribution in [-0.4, -0.2) is 22.0 Å². The summed E-state index contributed by atoms with van der Waals surface area (Å²) in [5.41, 5.74) is 1.44. The quantitative estimate of drug-likeness (QED) is 0.686. The summed E-state index contributed by atoms with van der Waals surface area (Å²) < 4.78 is 20.3. The molecule has 0 saturated heterocycles. The van der Waals surface area contributed by atoms with Gasteiger partial charge in [0.25, 0.3) is 0 Å². The van der Waals surface area contributed by atoms with Gasteiger partial charge in [0.15, 0.2) is 5.69 Å². The Balaban J connectivity index is 2.31. The Morgan fingerprint density at radius 1 is 1.36 bits per heavy atom. The van der Waals surface area contributed by atoms with Gasteiger partial charge in [-0.3, -0.25) is 4.40 Å². The number of rotatable bonds is 3. The second-order valence-corrected chi connectivity index (χ2v) is 4.99. The number of aromatic nitrogens is 2. The molecule has 2 heterocycles. The fraction of sp³-hybridized carbons (Fsp3) is 0.125. The van der Waals surface area contributed by atoms with Crippen LogP contribution in [0.2, 0.25) is 5.02 Å². The van der Waals surface area contributed by atoms with Crippen LogP contribution in [0, 0.1) is 5.82 Å². The molecule has 0 N–H and O–H groups in total. The van der Waals surface area contributed by atoms with Crippen molar-refractivity contribution in [3.05, 3.63) is 59.1 Å². The number of nitrogens with zero attached hydrogens (tertiary/aromatic N) is 2. The Hall–Kier alpha value is -2.40. The highest BCUT2D eigenvalue weighted by atomic mass is 35.5. The van der Waals surface area contributed by atoms with Crippen LogP contribution in [0.1, 0.15) is 17.4 Å². The van der Waals surface area contributed by atoms with Crippen molar-refractivity contribution >= 4 is 23.2 Å². The van der Waals surface area contributed by atoms with Gasteiger partial charge in [-0.2, -0.15) is 0 Å². The molecule has 0 aliphatic rings. The van der Waals surface area contributed by atoms with Crippen LogP contribution in [0.15, 0.2) is 42.6 Å². The SMILES string of the molecule is CCOC(=O)c1c(-c2cc(F)ccc2Cl)nc2ccccn12. The minimum absolute atomic E-state index is 0.227. The van der Waals surface area contributed by atoms with Crippen LogP contribution >= 0.6 is 11.6 Å². The molecule has 22 heavy (non-hydrogen) atoms. The summed E-state index contributed by atoms with van der Waals surface area (Å²) in [6.07, 6.45) is 1.70. The molecule has 0 bridgehead atoms. The molecule has 0 radical (unpaired) electrons. The molecule has 1 aromatic carbocycles. The van der Waals surface area contributed by atoms with Crippen LogP contribution in [-0.2, 0) is 4.74 Å². The van der Waals surface area contributed by atoms with Crippen LogP contribution in [0.3, 0.4) is 0 Å². The first-order chi connectivity index (χ1) is 10.6. The smallest absolute Gasteiger partial charge is 0.357 e. The van der Waals surface area contributed by atoms with E-state index in [1.165, 1.54) is 18.2 Å². The van der Waals surface area contributed by atoms with Gasteiger partial charge in [0.05, 0.1) is 11.6 Å². The highest BCUT2D eigenvalue weighted by Gasteiger charge is 2.23. The molecule has 0 unspecified atom stereocenters. The molecule has 112 valence electrons. The van der Waals surface area contributed by atoms with E-state index in [-0.39, 0.29) is 12.3 Å². The van der Waals surface area contributed by atoms with Crippen LogP contribution < -0.4 is 0 Å². The molecule has 0 amide bonds. The molecule has 0 aliphatic carbocycles. The van der Waals surface area contributed by atoms with Gasteiger partial charge in [-0.15, -0.1) is 0 Å². The molecule has 3 aromatic rings. The number of hydrogen-bond acceptors (Lipinski definition) is 3. The summed E-state index contributed by atoms with van der Waals surface area (Å²) in [7, 11) is 0. The predicted octanol–water partition coefficient (Wildman–Crippen LogP) is 3.97. The Labute approximate surface area is 131 Å². The normalized spacial score (nSPS) is 10.9. The van der Waals surface area contributed by atoms with Gasteiger partial charge in [0.2, 0.25) is 0 Å². The number of esters is 1. The summed E-state index contributed by atoms with van der Waals surface area (Å²) in [5.74, 6) is -0.984. The lowest BCUT2D eigenvalue weighted by molar-refractivity contribution is 0.0519. The van der Waals surface area contributed by atoms with Gasteiger partial charge in [-0.05, 0) is 37.3 Å². The van der Waals surface area contributed by atoms with Crippen molar-refractivity contribution in [1.82, 2.24) is 9.38 Å². The van der Waals surface area contributed by atoms with Gasteiger partial charge < -0.3 is 4.74 Å². The van der Waals surface area contributed by atoms with Crippen molar-refractivity contribution in [3.63, 3.8) is 0 Å². The van der Waals surface area contributed by atoms with Gasteiger partial charge in [0, 0.05) is 11.8 Å².